The van der Waals surface area contributed by atoms with E-state index in [1.807, 2.05) is 6.92 Å². The van der Waals surface area contributed by atoms with Gasteiger partial charge in [0.1, 0.15) is 5.75 Å². The molecule has 0 bridgehead atoms. The molecule has 0 aliphatic carbocycles. The Balaban J connectivity index is 2.14. The van der Waals surface area contributed by atoms with E-state index < -0.39 is 4.92 Å². The van der Waals surface area contributed by atoms with E-state index in [2.05, 4.69) is 15.5 Å². The van der Waals surface area contributed by atoms with E-state index >= 15 is 0 Å². The monoisotopic (exact) mass is 292 g/mol. The lowest BCUT2D eigenvalue weighted by Crippen LogP contribution is -2.13. The minimum atomic E-state index is -0.430. The summed E-state index contributed by atoms with van der Waals surface area (Å²) in [4.78, 5) is 14.4. The van der Waals surface area contributed by atoms with Crippen LogP contribution in [0.5, 0.6) is 5.75 Å². The molecule has 2 aromatic rings. The van der Waals surface area contributed by atoms with Crippen molar-refractivity contribution in [3.05, 3.63) is 45.6 Å². The molecule has 0 amide bonds. The summed E-state index contributed by atoms with van der Waals surface area (Å²) in [6.07, 6.45) is 0. The smallest absolute Gasteiger partial charge is 0.270 e. The number of hydrogen-bond donors (Lipinski definition) is 1. The molecule has 0 radical (unpaired) electrons. The molecule has 0 unspecified atom stereocenters. The van der Waals surface area contributed by atoms with E-state index in [1.54, 1.807) is 13.0 Å². The summed E-state index contributed by atoms with van der Waals surface area (Å²) >= 11 is 0. The normalized spacial score (nSPS) is 10.6. The van der Waals surface area contributed by atoms with Crippen LogP contribution in [0.1, 0.15) is 24.2 Å². The fourth-order valence-electron chi connectivity index (χ4n) is 1.76. The van der Waals surface area contributed by atoms with Gasteiger partial charge in [0, 0.05) is 24.2 Å². The van der Waals surface area contributed by atoms with Crippen molar-refractivity contribution in [2.24, 2.45) is 0 Å². The fourth-order valence-corrected chi connectivity index (χ4v) is 1.76. The van der Waals surface area contributed by atoms with Crippen LogP contribution in [0.25, 0.3) is 0 Å². The molecule has 1 aromatic carbocycles. The lowest BCUT2D eigenvalue weighted by atomic mass is 10.1. The number of nitrogens with zero attached hydrogens (tertiary/aromatic N) is 3. The zero-order chi connectivity index (χ0) is 15.2. The zero-order valence-electron chi connectivity index (χ0n) is 11.8. The molecule has 112 valence electrons. The lowest BCUT2D eigenvalue weighted by molar-refractivity contribution is -0.384. The molecule has 1 N–H and O–H groups in total. The van der Waals surface area contributed by atoms with Gasteiger partial charge >= 0.3 is 0 Å². The minimum absolute atomic E-state index is 0.0314. The highest BCUT2D eigenvalue weighted by Gasteiger charge is 2.13. The summed E-state index contributed by atoms with van der Waals surface area (Å²) in [6.45, 7) is 5.04. The first-order chi connectivity index (χ1) is 10.1. The molecular weight excluding hydrogens is 276 g/mol. The Kier molecular flexibility index (Phi) is 4.83. The van der Waals surface area contributed by atoms with Crippen LogP contribution in [0.3, 0.4) is 0 Å². The molecule has 0 atom stereocenters. The number of rotatable bonds is 7. The van der Waals surface area contributed by atoms with Crippen molar-refractivity contribution in [2.45, 2.75) is 27.0 Å². The van der Waals surface area contributed by atoms with Crippen molar-refractivity contribution in [1.29, 1.82) is 0 Å². The van der Waals surface area contributed by atoms with Gasteiger partial charge in [0.25, 0.3) is 11.6 Å². The third-order valence-corrected chi connectivity index (χ3v) is 2.74. The first-order valence-electron chi connectivity index (χ1n) is 6.50. The third kappa shape index (κ3) is 3.99. The molecule has 1 aromatic heterocycles. The van der Waals surface area contributed by atoms with Crippen LogP contribution >= 0.6 is 0 Å². The van der Waals surface area contributed by atoms with E-state index in [9.17, 15) is 10.1 Å². The van der Waals surface area contributed by atoms with E-state index in [0.717, 1.165) is 6.54 Å². The molecule has 0 spiro atoms. The number of benzene rings is 1. The summed E-state index contributed by atoms with van der Waals surface area (Å²) in [7, 11) is 0. The molecule has 21 heavy (non-hydrogen) atoms. The minimum Gasteiger partial charge on any atom is -0.483 e. The maximum Gasteiger partial charge on any atom is 0.270 e. The van der Waals surface area contributed by atoms with Gasteiger partial charge in [-0.25, -0.2) is 0 Å². The maximum atomic E-state index is 10.8. The van der Waals surface area contributed by atoms with Gasteiger partial charge in [-0.3, -0.25) is 10.1 Å². The van der Waals surface area contributed by atoms with Crippen molar-refractivity contribution in [1.82, 2.24) is 15.5 Å². The van der Waals surface area contributed by atoms with Gasteiger partial charge in [-0.2, -0.15) is 4.98 Å². The number of ether oxygens (including phenoxy) is 1. The first-order valence-corrected chi connectivity index (χ1v) is 6.50. The second-order valence-electron chi connectivity index (χ2n) is 4.35. The number of nitrogens with one attached hydrogen (secondary N) is 1. The summed E-state index contributed by atoms with van der Waals surface area (Å²) < 4.78 is 10.6. The highest BCUT2D eigenvalue weighted by atomic mass is 16.6. The van der Waals surface area contributed by atoms with Gasteiger partial charge < -0.3 is 14.6 Å². The van der Waals surface area contributed by atoms with Gasteiger partial charge in [0.15, 0.2) is 12.4 Å². The van der Waals surface area contributed by atoms with Crippen molar-refractivity contribution in [3.63, 3.8) is 0 Å². The molecule has 0 fully saturated rings. The molecule has 8 nitrogen and oxygen atoms in total. The summed E-state index contributed by atoms with van der Waals surface area (Å²) in [5.41, 5.74) is 0.742. The molecule has 0 saturated heterocycles. The second kappa shape index (κ2) is 6.80. The van der Waals surface area contributed by atoms with Crippen LogP contribution in [-0.2, 0) is 13.2 Å². The lowest BCUT2D eigenvalue weighted by Gasteiger charge is -2.10. The van der Waals surface area contributed by atoms with E-state index in [-0.39, 0.29) is 12.3 Å². The van der Waals surface area contributed by atoms with Crippen molar-refractivity contribution >= 4 is 5.69 Å². The number of non-ortho nitro benzene ring substituents is 1. The number of aryl methyl sites for hydroxylation is 1. The number of nitro benzene ring substituents is 1. The van der Waals surface area contributed by atoms with Crippen molar-refractivity contribution in [3.8, 4) is 5.75 Å². The molecule has 0 aliphatic heterocycles. The largest absolute Gasteiger partial charge is 0.483 e. The Morgan fingerprint density at radius 1 is 1.48 bits per heavy atom. The fraction of sp³-hybridized carbons (Fsp3) is 0.385. The predicted molar refractivity (Wildman–Crippen MR) is 73.8 cm³/mol. The molecule has 2 rings (SSSR count). The van der Waals surface area contributed by atoms with Crippen molar-refractivity contribution in [2.75, 3.05) is 6.54 Å². The van der Waals surface area contributed by atoms with Crippen LogP contribution < -0.4 is 10.1 Å². The van der Waals surface area contributed by atoms with E-state index in [4.69, 9.17) is 9.26 Å². The summed E-state index contributed by atoms with van der Waals surface area (Å²) in [6, 6.07) is 4.48. The average molecular weight is 292 g/mol. The highest BCUT2D eigenvalue weighted by Crippen LogP contribution is 2.25. The van der Waals surface area contributed by atoms with Crippen LogP contribution in [0.2, 0.25) is 0 Å². The molecule has 8 heteroatoms. The Hall–Kier alpha value is -2.48. The summed E-state index contributed by atoms with van der Waals surface area (Å²) in [5.74, 6) is 1.45. The van der Waals surface area contributed by atoms with Gasteiger partial charge in [0.05, 0.1) is 4.92 Å². The van der Waals surface area contributed by atoms with Gasteiger partial charge in [0.2, 0.25) is 0 Å². The standard InChI is InChI=1S/C13H16N4O4/c1-3-14-7-10-6-11(17(18)19)4-5-12(10)20-8-13-15-9(2)16-21-13/h4-6,14H,3,7-8H2,1-2H3. The number of hydrogen-bond acceptors (Lipinski definition) is 7. The number of aromatic nitrogens is 2. The average Bonchev–Trinajstić information content (AvgIpc) is 2.88. The molecular formula is C13H16N4O4. The maximum absolute atomic E-state index is 10.8. The Morgan fingerprint density at radius 3 is 2.90 bits per heavy atom. The van der Waals surface area contributed by atoms with Gasteiger partial charge in [-0.1, -0.05) is 12.1 Å². The van der Waals surface area contributed by atoms with Crippen LogP contribution in [-0.4, -0.2) is 21.6 Å². The Morgan fingerprint density at radius 2 is 2.29 bits per heavy atom. The highest BCUT2D eigenvalue weighted by molar-refractivity contribution is 5.43. The molecule has 1 heterocycles. The summed E-state index contributed by atoms with van der Waals surface area (Å²) in [5, 5.41) is 17.6. The molecule has 0 aliphatic rings. The quantitative estimate of drug-likeness (QED) is 0.614. The van der Waals surface area contributed by atoms with Gasteiger partial charge in [-0.05, 0) is 19.5 Å². The second-order valence-corrected chi connectivity index (χ2v) is 4.35. The van der Waals surface area contributed by atoms with E-state index in [1.165, 1.54) is 12.1 Å². The zero-order valence-corrected chi connectivity index (χ0v) is 11.8. The topological polar surface area (TPSA) is 103 Å². The molecule has 0 saturated carbocycles. The predicted octanol–water partition coefficient (Wildman–Crippen LogP) is 1.97. The van der Waals surface area contributed by atoms with Crippen LogP contribution in [0.15, 0.2) is 22.7 Å². The van der Waals surface area contributed by atoms with Crippen molar-refractivity contribution < 1.29 is 14.2 Å². The number of nitro groups is 1. The first kappa shape index (κ1) is 14.9. The Bertz CT molecular complexity index is 626. The van der Waals surface area contributed by atoms with Crippen LogP contribution in [0, 0.1) is 17.0 Å². The van der Waals surface area contributed by atoms with E-state index in [0.29, 0.717) is 29.6 Å². The van der Waals surface area contributed by atoms with Crippen LogP contribution in [0.4, 0.5) is 5.69 Å². The van der Waals surface area contributed by atoms with Gasteiger partial charge in [-0.15, -0.1) is 0 Å². The third-order valence-electron chi connectivity index (χ3n) is 2.74. The Labute approximate surface area is 121 Å². The SMILES string of the molecule is CCNCc1cc([N+](=O)[O-])ccc1OCc1nc(C)no1.